The van der Waals surface area contributed by atoms with Gasteiger partial charge in [0.1, 0.15) is 5.75 Å². The highest BCUT2D eigenvalue weighted by atomic mass is 35.5. The summed E-state index contributed by atoms with van der Waals surface area (Å²) >= 11 is 6.53. The van der Waals surface area contributed by atoms with Crippen molar-refractivity contribution in [2.75, 3.05) is 57.5 Å². The van der Waals surface area contributed by atoms with Gasteiger partial charge in [0.2, 0.25) is 5.79 Å². The molecular formula is C24H30ClN3O3. The molecule has 0 radical (unpaired) electrons. The predicted molar refractivity (Wildman–Crippen MR) is 123 cm³/mol. The molecule has 3 aliphatic heterocycles. The Morgan fingerprint density at radius 2 is 1.61 bits per heavy atom. The van der Waals surface area contributed by atoms with E-state index in [-0.39, 0.29) is 0 Å². The van der Waals surface area contributed by atoms with E-state index in [0.717, 1.165) is 55.7 Å². The van der Waals surface area contributed by atoms with Gasteiger partial charge in [-0.2, -0.15) is 0 Å². The second-order valence-corrected chi connectivity index (χ2v) is 8.38. The number of aromatic hydroxyl groups is 1. The van der Waals surface area contributed by atoms with Crippen molar-refractivity contribution >= 4 is 17.3 Å². The van der Waals surface area contributed by atoms with Crippen LogP contribution in [0.2, 0.25) is 5.02 Å². The first kappa shape index (κ1) is 22.1. The van der Waals surface area contributed by atoms with Crippen molar-refractivity contribution in [2.24, 2.45) is 0 Å². The standard InChI is InChI=1S/C22H26ClN3O3.C2H4/c23-20-3-1-2-17-14-25(15-22(21(17)20)28-12-13-29-22)16-24-8-10-26(11-9-24)18-4-6-19(27)7-5-18;1-2/h1-7,27H,8-16H2;1-2H2. The molecule has 1 N–H and O–H groups in total. The summed E-state index contributed by atoms with van der Waals surface area (Å²) in [5, 5.41) is 10.2. The van der Waals surface area contributed by atoms with Crippen LogP contribution in [0.15, 0.2) is 55.6 Å². The maximum atomic E-state index is 9.49. The molecule has 3 aliphatic rings. The van der Waals surface area contributed by atoms with Crippen molar-refractivity contribution < 1.29 is 14.6 Å². The molecule has 2 fully saturated rings. The molecule has 0 aromatic heterocycles. The molecule has 0 bridgehead atoms. The zero-order valence-electron chi connectivity index (χ0n) is 17.8. The number of benzene rings is 2. The lowest BCUT2D eigenvalue weighted by Crippen LogP contribution is -2.54. The number of piperazine rings is 1. The SMILES string of the molecule is C=C.Oc1ccc(N2CCN(CN3Cc4cccc(Cl)c4C4(C3)OCCO4)CC2)cc1. The molecule has 0 atom stereocenters. The number of rotatable bonds is 3. The van der Waals surface area contributed by atoms with E-state index in [2.05, 4.69) is 33.9 Å². The first-order chi connectivity index (χ1) is 15.1. The van der Waals surface area contributed by atoms with Crippen LogP contribution >= 0.6 is 11.6 Å². The number of ether oxygens (including phenoxy) is 2. The molecule has 0 amide bonds. The smallest absolute Gasteiger partial charge is 0.210 e. The number of hydrogen-bond donors (Lipinski definition) is 1. The van der Waals surface area contributed by atoms with Gasteiger partial charge in [-0.25, -0.2) is 0 Å². The van der Waals surface area contributed by atoms with Gasteiger partial charge >= 0.3 is 0 Å². The zero-order chi connectivity index (χ0) is 21.8. The lowest BCUT2D eigenvalue weighted by atomic mass is 9.94. The molecule has 7 heteroatoms. The summed E-state index contributed by atoms with van der Waals surface area (Å²) in [4.78, 5) is 7.25. The summed E-state index contributed by atoms with van der Waals surface area (Å²) in [7, 11) is 0. The van der Waals surface area contributed by atoms with Gasteiger partial charge < -0.3 is 19.5 Å². The third-order valence-corrected chi connectivity index (χ3v) is 6.36. The Morgan fingerprint density at radius 1 is 0.935 bits per heavy atom. The summed E-state index contributed by atoms with van der Waals surface area (Å²) in [6, 6.07) is 13.5. The van der Waals surface area contributed by atoms with Gasteiger partial charge in [-0.05, 0) is 35.9 Å². The van der Waals surface area contributed by atoms with Crippen molar-refractivity contribution in [3.8, 4) is 5.75 Å². The molecule has 5 rings (SSSR count). The van der Waals surface area contributed by atoms with Crippen LogP contribution in [0.1, 0.15) is 11.1 Å². The quantitative estimate of drug-likeness (QED) is 0.731. The van der Waals surface area contributed by atoms with Gasteiger partial charge in [0.15, 0.2) is 0 Å². The number of phenolic OH excluding ortho intramolecular Hbond substituents is 1. The minimum Gasteiger partial charge on any atom is -0.508 e. The Balaban J connectivity index is 0.00000112. The van der Waals surface area contributed by atoms with Crippen LogP contribution in [-0.2, 0) is 21.8 Å². The minimum atomic E-state index is -0.736. The van der Waals surface area contributed by atoms with Crippen LogP contribution in [0.5, 0.6) is 5.75 Å². The average molecular weight is 444 g/mol. The topological polar surface area (TPSA) is 48.4 Å². The third-order valence-electron chi connectivity index (χ3n) is 6.05. The summed E-state index contributed by atoms with van der Waals surface area (Å²) in [5.74, 6) is -0.428. The van der Waals surface area contributed by atoms with Crippen LogP contribution in [0.4, 0.5) is 5.69 Å². The average Bonchev–Trinajstić information content (AvgIpc) is 3.24. The van der Waals surface area contributed by atoms with Crippen molar-refractivity contribution in [1.29, 1.82) is 0 Å². The van der Waals surface area contributed by atoms with Crippen LogP contribution in [0.25, 0.3) is 0 Å². The van der Waals surface area contributed by atoms with E-state index >= 15 is 0 Å². The molecule has 2 saturated heterocycles. The van der Waals surface area contributed by atoms with Gasteiger partial charge in [0.05, 0.1) is 26.4 Å². The highest BCUT2D eigenvalue weighted by Crippen LogP contribution is 2.42. The Bertz CT molecular complexity index is 878. The van der Waals surface area contributed by atoms with Gasteiger partial charge in [0.25, 0.3) is 0 Å². The van der Waals surface area contributed by atoms with Crippen LogP contribution in [-0.4, -0.2) is 67.5 Å². The second-order valence-electron chi connectivity index (χ2n) is 7.97. The Hall–Kier alpha value is -2.09. The van der Waals surface area contributed by atoms with Crippen molar-refractivity contribution in [3.63, 3.8) is 0 Å². The zero-order valence-corrected chi connectivity index (χ0v) is 18.6. The summed E-state index contributed by atoms with van der Waals surface area (Å²) in [6.07, 6.45) is 0. The second kappa shape index (κ2) is 9.59. The van der Waals surface area contributed by atoms with E-state index < -0.39 is 5.79 Å². The third kappa shape index (κ3) is 4.59. The van der Waals surface area contributed by atoms with Crippen molar-refractivity contribution in [2.45, 2.75) is 12.3 Å². The van der Waals surface area contributed by atoms with E-state index in [1.165, 1.54) is 5.56 Å². The summed E-state index contributed by atoms with van der Waals surface area (Å²) in [6.45, 7) is 13.6. The van der Waals surface area contributed by atoms with Crippen molar-refractivity contribution in [3.05, 3.63) is 71.8 Å². The van der Waals surface area contributed by atoms with Gasteiger partial charge in [-0.1, -0.05) is 23.7 Å². The Labute approximate surface area is 189 Å². The predicted octanol–water partition coefficient (Wildman–Crippen LogP) is 3.64. The number of fused-ring (bicyclic) bond motifs is 2. The van der Waals surface area contributed by atoms with E-state index in [0.29, 0.717) is 25.5 Å². The molecule has 31 heavy (non-hydrogen) atoms. The monoisotopic (exact) mass is 443 g/mol. The molecule has 0 aliphatic carbocycles. The number of nitrogens with zero attached hydrogens (tertiary/aromatic N) is 3. The molecule has 166 valence electrons. The molecule has 0 saturated carbocycles. The van der Waals surface area contributed by atoms with Crippen molar-refractivity contribution in [1.82, 2.24) is 9.80 Å². The largest absolute Gasteiger partial charge is 0.508 e. The molecule has 6 nitrogen and oxygen atoms in total. The summed E-state index contributed by atoms with van der Waals surface area (Å²) in [5.41, 5.74) is 3.36. The van der Waals surface area contributed by atoms with E-state index in [1.54, 1.807) is 12.1 Å². The lowest BCUT2D eigenvalue weighted by Gasteiger charge is -2.44. The van der Waals surface area contributed by atoms with E-state index in [4.69, 9.17) is 21.1 Å². The fourth-order valence-electron chi connectivity index (χ4n) is 4.68. The fourth-order valence-corrected chi connectivity index (χ4v) is 5.02. The van der Waals surface area contributed by atoms with Crippen LogP contribution < -0.4 is 4.90 Å². The summed E-state index contributed by atoms with van der Waals surface area (Å²) < 4.78 is 12.2. The lowest BCUT2D eigenvalue weighted by molar-refractivity contribution is -0.191. The Kier molecular flexibility index (Phi) is 6.84. The number of anilines is 1. The molecule has 2 aromatic rings. The molecule has 0 unspecified atom stereocenters. The first-order valence-corrected chi connectivity index (χ1v) is 11.1. The first-order valence-electron chi connectivity index (χ1n) is 10.7. The van der Waals surface area contributed by atoms with Gasteiger partial charge in [0, 0.05) is 49.0 Å². The number of hydrogen-bond acceptors (Lipinski definition) is 6. The number of phenols is 1. The number of halogens is 1. The van der Waals surface area contributed by atoms with Gasteiger partial charge in [-0.15, -0.1) is 13.2 Å². The van der Waals surface area contributed by atoms with Gasteiger partial charge in [-0.3, -0.25) is 9.80 Å². The van der Waals surface area contributed by atoms with E-state index in [9.17, 15) is 5.11 Å². The van der Waals surface area contributed by atoms with Crippen LogP contribution in [0, 0.1) is 0 Å². The van der Waals surface area contributed by atoms with Crippen LogP contribution in [0.3, 0.4) is 0 Å². The molecule has 1 spiro atoms. The highest BCUT2D eigenvalue weighted by molar-refractivity contribution is 6.31. The highest BCUT2D eigenvalue weighted by Gasteiger charge is 2.46. The molecular weight excluding hydrogens is 414 g/mol. The van der Waals surface area contributed by atoms with E-state index in [1.807, 2.05) is 24.3 Å². The normalized spacial score (nSPS) is 20.9. The minimum absolute atomic E-state index is 0.308. The molecule has 2 aromatic carbocycles. The molecule has 3 heterocycles. The fraction of sp³-hybridized carbons (Fsp3) is 0.417. The maximum Gasteiger partial charge on any atom is 0.210 e. The Morgan fingerprint density at radius 3 is 2.29 bits per heavy atom. The maximum absolute atomic E-state index is 9.49.